The van der Waals surface area contributed by atoms with Crippen molar-refractivity contribution < 1.29 is 22.4 Å². The fourth-order valence-corrected chi connectivity index (χ4v) is 1.77. The summed E-state index contributed by atoms with van der Waals surface area (Å²) >= 11 is 5.65. The van der Waals surface area contributed by atoms with Gasteiger partial charge in [-0.05, 0) is 30.3 Å². The normalized spacial score (nSPS) is 10.6. The fraction of sp³-hybridized carbons (Fsp3) is 0. The highest BCUT2D eigenvalue weighted by Gasteiger charge is 2.21. The molecule has 0 bridgehead atoms. The highest BCUT2D eigenvalue weighted by atomic mass is 35.5. The lowest BCUT2D eigenvalue weighted by Crippen LogP contribution is -2.08. The first-order valence-electron chi connectivity index (χ1n) is 5.05. The highest BCUT2D eigenvalue weighted by molar-refractivity contribution is 6.35. The van der Waals surface area contributed by atoms with Gasteiger partial charge in [-0.1, -0.05) is 11.6 Å². The second-order valence-electron chi connectivity index (χ2n) is 3.68. The third-order valence-electron chi connectivity index (χ3n) is 2.46. The van der Waals surface area contributed by atoms with E-state index in [1.54, 1.807) is 0 Å². The van der Waals surface area contributed by atoms with Crippen molar-refractivity contribution in [1.29, 1.82) is 0 Å². The zero-order valence-electron chi connectivity index (χ0n) is 9.18. The van der Waals surface area contributed by atoms with Gasteiger partial charge in [0, 0.05) is 5.56 Å². The van der Waals surface area contributed by atoms with E-state index in [1.165, 1.54) is 0 Å². The third kappa shape index (κ3) is 2.46. The molecule has 98 valence electrons. The summed E-state index contributed by atoms with van der Waals surface area (Å²) in [7, 11) is 0. The van der Waals surface area contributed by atoms with E-state index >= 15 is 0 Å². The SMILES string of the molecule is O=C(c1ccc(F)cc1Cl)c1ccc(F)c(F)c1F. The molecule has 0 fully saturated rings. The molecular weight excluding hydrogens is 284 g/mol. The molecular formula is C13H5ClF4O. The van der Waals surface area contributed by atoms with E-state index in [0.717, 1.165) is 24.3 Å². The van der Waals surface area contributed by atoms with Crippen LogP contribution in [0.25, 0.3) is 0 Å². The van der Waals surface area contributed by atoms with Crippen LogP contribution >= 0.6 is 11.6 Å². The molecule has 0 aliphatic rings. The van der Waals surface area contributed by atoms with E-state index in [0.29, 0.717) is 6.07 Å². The summed E-state index contributed by atoms with van der Waals surface area (Å²) in [4.78, 5) is 11.9. The summed E-state index contributed by atoms with van der Waals surface area (Å²) in [5, 5.41) is -0.242. The van der Waals surface area contributed by atoms with Crippen LogP contribution in [0.15, 0.2) is 30.3 Å². The molecule has 19 heavy (non-hydrogen) atoms. The number of halogens is 5. The number of benzene rings is 2. The van der Waals surface area contributed by atoms with E-state index in [4.69, 9.17) is 11.6 Å². The smallest absolute Gasteiger partial charge is 0.197 e. The number of ketones is 1. The Morgan fingerprint density at radius 2 is 1.53 bits per heavy atom. The Balaban J connectivity index is 2.53. The fourth-order valence-electron chi connectivity index (χ4n) is 1.52. The molecule has 0 aromatic heterocycles. The van der Waals surface area contributed by atoms with Crippen molar-refractivity contribution in [3.05, 3.63) is 69.8 Å². The molecule has 0 aliphatic carbocycles. The minimum Gasteiger partial charge on any atom is -0.288 e. The lowest BCUT2D eigenvalue weighted by Gasteiger charge is -2.06. The maximum Gasteiger partial charge on any atom is 0.197 e. The molecule has 1 nitrogen and oxygen atoms in total. The van der Waals surface area contributed by atoms with Crippen LogP contribution in [0, 0.1) is 23.3 Å². The van der Waals surface area contributed by atoms with Crippen LogP contribution < -0.4 is 0 Å². The molecule has 2 aromatic carbocycles. The van der Waals surface area contributed by atoms with Crippen LogP contribution in [0.3, 0.4) is 0 Å². The van der Waals surface area contributed by atoms with Gasteiger partial charge < -0.3 is 0 Å². The monoisotopic (exact) mass is 288 g/mol. The summed E-state index contributed by atoms with van der Waals surface area (Å²) in [6, 6.07) is 4.29. The summed E-state index contributed by atoms with van der Waals surface area (Å²) in [5.41, 5.74) is -0.875. The number of hydrogen-bond donors (Lipinski definition) is 0. The van der Waals surface area contributed by atoms with Gasteiger partial charge in [0.15, 0.2) is 23.2 Å². The van der Waals surface area contributed by atoms with Gasteiger partial charge in [0.1, 0.15) is 5.82 Å². The van der Waals surface area contributed by atoms with Gasteiger partial charge in [-0.2, -0.15) is 0 Å². The zero-order chi connectivity index (χ0) is 14.2. The highest BCUT2D eigenvalue weighted by Crippen LogP contribution is 2.23. The summed E-state index contributed by atoms with van der Waals surface area (Å²) in [5.74, 6) is -6.39. The number of hydrogen-bond acceptors (Lipinski definition) is 1. The molecule has 6 heteroatoms. The van der Waals surface area contributed by atoms with E-state index in [1.807, 2.05) is 0 Å². The van der Waals surface area contributed by atoms with Gasteiger partial charge >= 0.3 is 0 Å². The molecule has 0 aliphatic heterocycles. The quantitative estimate of drug-likeness (QED) is 0.461. The van der Waals surface area contributed by atoms with E-state index < -0.39 is 34.6 Å². The van der Waals surface area contributed by atoms with Crippen LogP contribution in [0.4, 0.5) is 17.6 Å². The largest absolute Gasteiger partial charge is 0.288 e. The van der Waals surface area contributed by atoms with Crippen LogP contribution in [0.2, 0.25) is 5.02 Å². The van der Waals surface area contributed by atoms with Crippen LogP contribution in [0.1, 0.15) is 15.9 Å². The maximum atomic E-state index is 13.5. The van der Waals surface area contributed by atoms with E-state index in [-0.39, 0.29) is 10.6 Å². The minimum absolute atomic E-state index is 0.201. The maximum absolute atomic E-state index is 13.5. The molecule has 0 amide bonds. The molecule has 2 rings (SSSR count). The van der Waals surface area contributed by atoms with Crippen LogP contribution in [-0.2, 0) is 0 Å². The lowest BCUT2D eigenvalue weighted by molar-refractivity contribution is 0.103. The zero-order valence-corrected chi connectivity index (χ0v) is 9.94. The lowest BCUT2D eigenvalue weighted by atomic mass is 10.0. The Kier molecular flexibility index (Phi) is 3.57. The van der Waals surface area contributed by atoms with Crippen molar-refractivity contribution in [3.63, 3.8) is 0 Å². The Bertz CT molecular complexity index is 670. The van der Waals surface area contributed by atoms with E-state index in [2.05, 4.69) is 0 Å². The van der Waals surface area contributed by atoms with Crippen LogP contribution in [0.5, 0.6) is 0 Å². The van der Waals surface area contributed by atoms with Gasteiger partial charge in [-0.25, -0.2) is 17.6 Å². The Morgan fingerprint density at radius 3 is 2.16 bits per heavy atom. The van der Waals surface area contributed by atoms with Gasteiger partial charge in [-0.3, -0.25) is 4.79 Å². The first-order valence-corrected chi connectivity index (χ1v) is 5.43. The van der Waals surface area contributed by atoms with Gasteiger partial charge in [0.25, 0.3) is 0 Å². The van der Waals surface area contributed by atoms with Crippen molar-refractivity contribution in [2.75, 3.05) is 0 Å². The average molecular weight is 289 g/mol. The minimum atomic E-state index is -1.75. The second kappa shape index (κ2) is 5.01. The predicted octanol–water partition coefficient (Wildman–Crippen LogP) is 4.13. The van der Waals surface area contributed by atoms with Gasteiger partial charge in [0.05, 0.1) is 10.6 Å². The predicted molar refractivity (Wildman–Crippen MR) is 61.2 cm³/mol. The molecule has 0 N–H and O–H groups in total. The van der Waals surface area contributed by atoms with Crippen molar-refractivity contribution in [2.45, 2.75) is 0 Å². The van der Waals surface area contributed by atoms with Crippen molar-refractivity contribution in [1.82, 2.24) is 0 Å². The molecule has 0 saturated heterocycles. The molecule has 0 unspecified atom stereocenters. The number of carbonyl (C=O) groups is 1. The van der Waals surface area contributed by atoms with Gasteiger partial charge in [-0.15, -0.1) is 0 Å². The van der Waals surface area contributed by atoms with Crippen molar-refractivity contribution >= 4 is 17.4 Å². The van der Waals surface area contributed by atoms with Gasteiger partial charge in [0.2, 0.25) is 0 Å². The molecule has 0 saturated carbocycles. The third-order valence-corrected chi connectivity index (χ3v) is 2.77. The average Bonchev–Trinajstić information content (AvgIpc) is 2.35. The number of carbonyl (C=O) groups excluding carboxylic acids is 1. The molecule has 2 aromatic rings. The Morgan fingerprint density at radius 1 is 0.895 bits per heavy atom. The summed E-state index contributed by atoms with van der Waals surface area (Å²) in [6.07, 6.45) is 0. The van der Waals surface area contributed by atoms with E-state index in [9.17, 15) is 22.4 Å². The summed E-state index contributed by atoms with van der Waals surface area (Å²) in [6.45, 7) is 0. The topological polar surface area (TPSA) is 17.1 Å². The first kappa shape index (κ1) is 13.5. The molecule has 0 spiro atoms. The second-order valence-corrected chi connectivity index (χ2v) is 4.08. The van der Waals surface area contributed by atoms with Crippen molar-refractivity contribution in [2.24, 2.45) is 0 Å². The molecule has 0 atom stereocenters. The number of rotatable bonds is 2. The standard InChI is InChI=1S/C13H5ClF4O/c14-9-5-6(15)1-2-7(9)13(19)8-3-4-10(16)12(18)11(8)17/h1-5H. The Labute approximate surface area is 110 Å². The van der Waals surface area contributed by atoms with Crippen molar-refractivity contribution in [3.8, 4) is 0 Å². The summed E-state index contributed by atoms with van der Waals surface area (Å²) < 4.78 is 52.1. The molecule has 0 heterocycles. The van der Waals surface area contributed by atoms with Crippen LogP contribution in [-0.4, -0.2) is 5.78 Å². The Hall–Kier alpha value is -1.88. The molecule has 0 radical (unpaired) electrons. The first-order chi connectivity index (χ1) is 8.91.